The number of likely N-dealkylation sites (tertiary alicyclic amines) is 1. The first kappa shape index (κ1) is 14.0. The van der Waals surface area contributed by atoms with Crippen LogP contribution in [0.4, 0.5) is 10.5 Å². The molecule has 1 radical (unpaired) electrons. The number of benzene rings is 1. The Morgan fingerprint density at radius 1 is 1.45 bits per heavy atom. The largest absolute Gasteiger partial charge is 0.443 e. The molecule has 1 saturated heterocycles. The predicted molar refractivity (Wildman–Crippen MR) is 72.3 cm³/mol. The van der Waals surface area contributed by atoms with Crippen molar-refractivity contribution < 1.29 is 14.5 Å². The molecular formula is C13H14N3O4. The topological polar surface area (TPSA) is 85.0 Å². The molecule has 7 nitrogen and oxygen atoms in total. The Kier molecular flexibility index (Phi) is 4.65. The highest BCUT2D eigenvalue weighted by Gasteiger charge is 2.09. The molecule has 0 spiro atoms. The molecule has 1 aromatic carbocycles. The number of non-ortho nitro benzene ring substituents is 1. The van der Waals surface area contributed by atoms with Crippen LogP contribution in [0.1, 0.15) is 12.0 Å². The van der Waals surface area contributed by atoms with Gasteiger partial charge in [-0.3, -0.25) is 10.1 Å². The van der Waals surface area contributed by atoms with Crippen molar-refractivity contribution in [2.24, 2.45) is 4.99 Å². The third-order valence-corrected chi connectivity index (χ3v) is 2.82. The minimum Gasteiger partial charge on any atom is -0.443 e. The van der Waals surface area contributed by atoms with E-state index in [0.717, 1.165) is 19.5 Å². The number of nitro groups is 1. The van der Waals surface area contributed by atoms with E-state index >= 15 is 0 Å². The Labute approximate surface area is 116 Å². The lowest BCUT2D eigenvalue weighted by molar-refractivity contribution is -0.384. The van der Waals surface area contributed by atoms with Gasteiger partial charge in [-0.05, 0) is 30.5 Å². The molecular weight excluding hydrogens is 262 g/mol. The van der Waals surface area contributed by atoms with Crippen molar-refractivity contribution in [2.45, 2.75) is 13.0 Å². The predicted octanol–water partition coefficient (Wildman–Crippen LogP) is 2.17. The lowest BCUT2D eigenvalue weighted by atomic mass is 10.2. The van der Waals surface area contributed by atoms with E-state index in [1.165, 1.54) is 18.5 Å². The van der Waals surface area contributed by atoms with Gasteiger partial charge >= 0.3 is 6.09 Å². The Bertz CT molecular complexity index is 507. The highest BCUT2D eigenvalue weighted by Crippen LogP contribution is 2.12. The number of hydrogen-bond donors (Lipinski definition) is 0. The van der Waals surface area contributed by atoms with Crippen molar-refractivity contribution in [1.29, 1.82) is 0 Å². The number of rotatable bonds is 4. The molecule has 0 saturated carbocycles. The van der Waals surface area contributed by atoms with Crippen LogP contribution in [0.25, 0.3) is 0 Å². The molecule has 0 N–H and O–H groups in total. The maximum Gasteiger partial charge on any atom is 0.435 e. The summed E-state index contributed by atoms with van der Waals surface area (Å²) in [5.41, 5.74) is 0.678. The fourth-order valence-electron chi connectivity index (χ4n) is 1.74. The van der Waals surface area contributed by atoms with E-state index in [2.05, 4.69) is 11.4 Å². The molecule has 0 aromatic heterocycles. The van der Waals surface area contributed by atoms with Crippen LogP contribution in [-0.4, -0.2) is 35.3 Å². The summed E-state index contributed by atoms with van der Waals surface area (Å²) >= 11 is 0. The molecule has 2 rings (SSSR count). The molecule has 1 aromatic rings. The Morgan fingerprint density at radius 2 is 2.20 bits per heavy atom. The summed E-state index contributed by atoms with van der Waals surface area (Å²) < 4.78 is 4.94. The molecule has 105 valence electrons. The van der Waals surface area contributed by atoms with E-state index < -0.39 is 11.0 Å². The van der Waals surface area contributed by atoms with Crippen LogP contribution in [-0.2, 0) is 11.3 Å². The van der Waals surface area contributed by atoms with Crippen LogP contribution < -0.4 is 0 Å². The number of carbonyl (C=O) groups excluding carboxylic acids is 1. The van der Waals surface area contributed by atoms with Crippen LogP contribution in [0.15, 0.2) is 29.3 Å². The summed E-state index contributed by atoms with van der Waals surface area (Å²) in [6, 6.07) is 5.83. The average molecular weight is 276 g/mol. The van der Waals surface area contributed by atoms with Crippen molar-refractivity contribution in [3.8, 4) is 0 Å². The number of nitro benzene ring substituents is 1. The molecule has 1 aliphatic heterocycles. The van der Waals surface area contributed by atoms with E-state index in [1.54, 1.807) is 12.1 Å². The summed E-state index contributed by atoms with van der Waals surface area (Å²) in [6.45, 7) is 1.69. The van der Waals surface area contributed by atoms with Gasteiger partial charge in [0, 0.05) is 25.2 Å². The van der Waals surface area contributed by atoms with E-state index in [1.807, 2.05) is 4.90 Å². The van der Waals surface area contributed by atoms with Gasteiger partial charge in [0.25, 0.3) is 5.69 Å². The molecule has 1 amide bonds. The number of hydrogen-bond acceptors (Lipinski definition) is 4. The minimum atomic E-state index is -0.671. The average Bonchev–Trinajstić information content (AvgIpc) is 2.96. The van der Waals surface area contributed by atoms with Gasteiger partial charge < -0.3 is 9.64 Å². The zero-order chi connectivity index (χ0) is 14.4. The molecule has 0 atom stereocenters. The van der Waals surface area contributed by atoms with Crippen LogP contribution in [0.3, 0.4) is 0 Å². The first-order chi connectivity index (χ1) is 9.65. The highest BCUT2D eigenvalue weighted by atomic mass is 16.6. The fraction of sp³-hybridized carbons (Fsp3) is 0.308. The summed E-state index contributed by atoms with van der Waals surface area (Å²) in [7, 11) is 0. The number of aliphatic imine (C=N–C) groups is 1. The van der Waals surface area contributed by atoms with Crippen molar-refractivity contribution >= 4 is 18.1 Å². The first-order valence-electron chi connectivity index (χ1n) is 6.15. The Hall–Kier alpha value is -2.44. The van der Waals surface area contributed by atoms with Gasteiger partial charge in [-0.25, -0.2) is 4.79 Å². The molecule has 20 heavy (non-hydrogen) atoms. The lowest BCUT2D eigenvalue weighted by Crippen LogP contribution is -2.17. The second-order valence-corrected chi connectivity index (χ2v) is 4.29. The SMILES string of the molecule is O=C(/N=C\N1C[CH]CC1)OCc1ccc([N+](=O)[O-])cc1. The van der Waals surface area contributed by atoms with Crippen molar-refractivity contribution in [2.75, 3.05) is 13.1 Å². The van der Waals surface area contributed by atoms with Gasteiger partial charge in [0.1, 0.15) is 6.61 Å². The monoisotopic (exact) mass is 276 g/mol. The number of amides is 1. The van der Waals surface area contributed by atoms with Crippen molar-refractivity contribution in [3.05, 3.63) is 46.4 Å². The smallest absolute Gasteiger partial charge is 0.435 e. The quantitative estimate of drug-likeness (QED) is 0.364. The van der Waals surface area contributed by atoms with Gasteiger partial charge in [0.05, 0.1) is 11.3 Å². The van der Waals surface area contributed by atoms with Crippen molar-refractivity contribution in [1.82, 2.24) is 4.90 Å². The van der Waals surface area contributed by atoms with Crippen LogP contribution in [0.5, 0.6) is 0 Å². The highest BCUT2D eigenvalue weighted by molar-refractivity contribution is 5.78. The van der Waals surface area contributed by atoms with E-state index in [-0.39, 0.29) is 12.3 Å². The molecule has 7 heteroatoms. The number of carbonyl (C=O) groups is 1. The van der Waals surface area contributed by atoms with Gasteiger partial charge in [0.15, 0.2) is 0 Å². The Morgan fingerprint density at radius 3 is 2.80 bits per heavy atom. The zero-order valence-electron chi connectivity index (χ0n) is 10.8. The number of nitrogens with zero attached hydrogens (tertiary/aromatic N) is 3. The second-order valence-electron chi connectivity index (χ2n) is 4.29. The van der Waals surface area contributed by atoms with Gasteiger partial charge in [0.2, 0.25) is 0 Å². The standard InChI is InChI=1S/C13H14N3O4/c17-13(14-10-15-7-1-2-8-15)20-9-11-3-5-12(6-4-11)16(18)19/h1,3-6,10H,2,7-9H2/b14-10-. The van der Waals surface area contributed by atoms with E-state index in [4.69, 9.17) is 4.74 Å². The van der Waals surface area contributed by atoms with Crippen LogP contribution >= 0.6 is 0 Å². The summed E-state index contributed by atoms with van der Waals surface area (Å²) in [6.07, 6.45) is 3.90. The van der Waals surface area contributed by atoms with Crippen molar-refractivity contribution in [3.63, 3.8) is 0 Å². The lowest BCUT2D eigenvalue weighted by Gasteiger charge is -2.08. The van der Waals surface area contributed by atoms with E-state index in [0.29, 0.717) is 5.56 Å². The van der Waals surface area contributed by atoms with Crippen LogP contribution in [0.2, 0.25) is 0 Å². The van der Waals surface area contributed by atoms with Gasteiger partial charge in [-0.2, -0.15) is 4.99 Å². The second kappa shape index (κ2) is 6.65. The maximum absolute atomic E-state index is 11.4. The molecule has 0 unspecified atom stereocenters. The minimum absolute atomic E-state index is 0.00313. The molecule has 1 fully saturated rings. The summed E-state index contributed by atoms with van der Waals surface area (Å²) in [5.74, 6) is 0. The normalized spacial score (nSPS) is 14.7. The van der Waals surface area contributed by atoms with Gasteiger partial charge in [-0.15, -0.1) is 0 Å². The van der Waals surface area contributed by atoms with E-state index in [9.17, 15) is 14.9 Å². The molecule has 1 heterocycles. The molecule has 0 aliphatic carbocycles. The van der Waals surface area contributed by atoms with Crippen LogP contribution in [0, 0.1) is 16.5 Å². The first-order valence-corrected chi connectivity index (χ1v) is 6.15. The van der Waals surface area contributed by atoms with Gasteiger partial charge in [-0.1, -0.05) is 0 Å². The fourth-order valence-corrected chi connectivity index (χ4v) is 1.74. The summed E-state index contributed by atoms with van der Waals surface area (Å²) in [5, 5.41) is 10.5. The number of ether oxygens (including phenoxy) is 1. The molecule has 0 bridgehead atoms. The maximum atomic E-state index is 11.4. The Balaban J connectivity index is 1.79. The third kappa shape index (κ3) is 4.04. The zero-order valence-corrected chi connectivity index (χ0v) is 10.8. The third-order valence-electron chi connectivity index (χ3n) is 2.82. The molecule has 1 aliphatic rings. The summed E-state index contributed by atoms with van der Waals surface area (Å²) in [4.78, 5) is 27.0.